The molecule has 2 N–H and O–H groups in total. The second-order valence-electron chi connectivity index (χ2n) is 6.14. The molecule has 0 fully saturated rings. The maximum Gasteiger partial charge on any atom is 0.175 e. The Hall–Kier alpha value is -2.76. The SMILES string of the molecule is COc1cc2c(cc1NC(=S)Nc1cccc(Cl)c1C)oc1ccccc12. The predicted octanol–water partition coefficient (Wildman–Crippen LogP) is 6.37. The lowest BCUT2D eigenvalue weighted by Crippen LogP contribution is -2.20. The van der Waals surface area contributed by atoms with E-state index in [0.29, 0.717) is 15.9 Å². The van der Waals surface area contributed by atoms with E-state index in [9.17, 15) is 0 Å². The topological polar surface area (TPSA) is 46.4 Å². The number of hydrogen-bond acceptors (Lipinski definition) is 3. The van der Waals surface area contributed by atoms with Crippen molar-refractivity contribution in [1.29, 1.82) is 0 Å². The van der Waals surface area contributed by atoms with Crippen LogP contribution in [0.15, 0.2) is 59.0 Å². The summed E-state index contributed by atoms with van der Waals surface area (Å²) < 4.78 is 11.5. The van der Waals surface area contributed by atoms with Crippen molar-refractivity contribution in [3.63, 3.8) is 0 Å². The van der Waals surface area contributed by atoms with Gasteiger partial charge in [0.2, 0.25) is 0 Å². The summed E-state index contributed by atoms with van der Waals surface area (Å²) in [4.78, 5) is 0. The van der Waals surface area contributed by atoms with Crippen LogP contribution in [0.3, 0.4) is 0 Å². The van der Waals surface area contributed by atoms with Crippen molar-refractivity contribution < 1.29 is 9.15 Å². The summed E-state index contributed by atoms with van der Waals surface area (Å²) in [5, 5.41) is 9.53. The molecule has 0 spiro atoms. The predicted molar refractivity (Wildman–Crippen MR) is 116 cm³/mol. The molecule has 4 nitrogen and oxygen atoms in total. The van der Waals surface area contributed by atoms with E-state index in [2.05, 4.69) is 10.6 Å². The summed E-state index contributed by atoms with van der Waals surface area (Å²) in [6.07, 6.45) is 0. The largest absolute Gasteiger partial charge is 0.495 e. The quantitative estimate of drug-likeness (QED) is 0.394. The highest BCUT2D eigenvalue weighted by Gasteiger charge is 2.13. The lowest BCUT2D eigenvalue weighted by Gasteiger charge is -2.15. The molecule has 6 heteroatoms. The number of anilines is 2. The van der Waals surface area contributed by atoms with Gasteiger partial charge in [0.15, 0.2) is 5.11 Å². The highest BCUT2D eigenvalue weighted by Crippen LogP contribution is 2.36. The van der Waals surface area contributed by atoms with Crippen LogP contribution in [0.2, 0.25) is 5.02 Å². The number of benzene rings is 3. The summed E-state index contributed by atoms with van der Waals surface area (Å²) in [5.41, 5.74) is 4.11. The van der Waals surface area contributed by atoms with Crippen LogP contribution in [0.1, 0.15) is 5.56 Å². The van der Waals surface area contributed by atoms with Crippen molar-refractivity contribution in [2.24, 2.45) is 0 Å². The first-order valence-corrected chi connectivity index (χ1v) is 9.18. The van der Waals surface area contributed by atoms with E-state index in [1.54, 1.807) is 7.11 Å². The van der Waals surface area contributed by atoms with E-state index in [1.165, 1.54) is 0 Å². The summed E-state index contributed by atoms with van der Waals surface area (Å²) in [6.45, 7) is 1.94. The molecule has 0 saturated carbocycles. The number of halogens is 1. The minimum absolute atomic E-state index is 0.439. The number of thiocarbonyl (C=S) groups is 1. The number of furan rings is 1. The molecular weight excluding hydrogens is 380 g/mol. The fraction of sp³-hybridized carbons (Fsp3) is 0.0952. The number of rotatable bonds is 3. The van der Waals surface area contributed by atoms with Gasteiger partial charge in [-0.2, -0.15) is 0 Å². The van der Waals surface area contributed by atoms with E-state index in [1.807, 2.05) is 61.5 Å². The van der Waals surface area contributed by atoms with Crippen molar-refractivity contribution in [3.8, 4) is 5.75 Å². The molecule has 0 unspecified atom stereocenters. The first-order valence-electron chi connectivity index (χ1n) is 8.39. The maximum atomic E-state index is 6.17. The fourth-order valence-corrected chi connectivity index (χ4v) is 3.43. The van der Waals surface area contributed by atoms with Gasteiger partial charge in [-0.25, -0.2) is 0 Å². The van der Waals surface area contributed by atoms with Crippen LogP contribution < -0.4 is 15.4 Å². The van der Waals surface area contributed by atoms with E-state index in [4.69, 9.17) is 33.0 Å². The Morgan fingerprint density at radius 1 is 0.963 bits per heavy atom. The Bertz CT molecular complexity index is 1170. The highest BCUT2D eigenvalue weighted by atomic mass is 35.5. The standard InChI is InChI=1S/C21H17ClN2O2S/c1-12-15(22)7-5-8-16(12)23-21(27)24-17-11-19-14(10-20(17)25-2)13-6-3-4-9-18(13)26-19/h3-11H,1-2H3,(H2,23,24,27). The van der Waals surface area contributed by atoms with Crippen LogP contribution in [0.5, 0.6) is 5.75 Å². The number of hydrogen-bond donors (Lipinski definition) is 2. The van der Waals surface area contributed by atoms with E-state index in [0.717, 1.165) is 38.9 Å². The van der Waals surface area contributed by atoms with Crippen molar-refractivity contribution in [2.75, 3.05) is 17.7 Å². The molecule has 0 bridgehead atoms. The van der Waals surface area contributed by atoms with Crippen LogP contribution in [0.4, 0.5) is 11.4 Å². The smallest absolute Gasteiger partial charge is 0.175 e. The number of fused-ring (bicyclic) bond motifs is 3. The molecule has 1 aromatic heterocycles. The molecule has 27 heavy (non-hydrogen) atoms. The molecule has 0 aliphatic rings. The highest BCUT2D eigenvalue weighted by molar-refractivity contribution is 7.80. The normalized spacial score (nSPS) is 10.9. The first-order chi connectivity index (χ1) is 13.1. The van der Waals surface area contributed by atoms with Crippen molar-refractivity contribution in [3.05, 3.63) is 65.2 Å². The third-order valence-corrected chi connectivity index (χ3v) is 5.08. The Kier molecular flexibility index (Phi) is 4.64. The van der Waals surface area contributed by atoms with Crippen LogP contribution >= 0.6 is 23.8 Å². The Morgan fingerprint density at radius 2 is 1.74 bits per heavy atom. The zero-order valence-corrected chi connectivity index (χ0v) is 16.4. The number of methoxy groups -OCH3 is 1. The molecule has 3 aromatic carbocycles. The van der Waals surface area contributed by atoms with Crippen molar-refractivity contribution in [2.45, 2.75) is 6.92 Å². The van der Waals surface area contributed by atoms with Gasteiger partial charge < -0.3 is 19.8 Å². The summed E-state index contributed by atoms with van der Waals surface area (Å²) in [5.74, 6) is 0.681. The minimum Gasteiger partial charge on any atom is -0.495 e. The molecule has 136 valence electrons. The Balaban J connectivity index is 1.67. The molecule has 0 amide bonds. The number of ether oxygens (including phenoxy) is 1. The van der Waals surface area contributed by atoms with Crippen LogP contribution in [-0.2, 0) is 0 Å². The van der Waals surface area contributed by atoms with Gasteiger partial charge in [-0.15, -0.1) is 0 Å². The van der Waals surface area contributed by atoms with Crippen LogP contribution in [-0.4, -0.2) is 12.2 Å². The van der Waals surface area contributed by atoms with Crippen LogP contribution in [0.25, 0.3) is 21.9 Å². The molecular formula is C21H17ClN2O2S. The van der Waals surface area contributed by atoms with Gasteiger partial charge in [0.05, 0.1) is 12.8 Å². The average molecular weight is 397 g/mol. The molecule has 0 aliphatic carbocycles. The van der Waals surface area contributed by atoms with Gasteiger partial charge >= 0.3 is 0 Å². The van der Waals surface area contributed by atoms with Gasteiger partial charge in [0, 0.05) is 27.5 Å². The third kappa shape index (κ3) is 3.31. The van der Waals surface area contributed by atoms with Crippen LogP contribution in [0, 0.1) is 6.92 Å². The van der Waals surface area contributed by atoms with E-state index >= 15 is 0 Å². The first kappa shape index (κ1) is 17.6. The third-order valence-electron chi connectivity index (χ3n) is 4.46. The van der Waals surface area contributed by atoms with E-state index < -0.39 is 0 Å². The molecule has 0 radical (unpaired) electrons. The second kappa shape index (κ2) is 7.10. The molecule has 0 atom stereocenters. The van der Waals surface area contributed by atoms with Gasteiger partial charge in [0.25, 0.3) is 0 Å². The summed E-state index contributed by atoms with van der Waals surface area (Å²) in [6, 6.07) is 17.4. The summed E-state index contributed by atoms with van der Waals surface area (Å²) in [7, 11) is 1.63. The van der Waals surface area contributed by atoms with Crippen molar-refractivity contribution in [1.82, 2.24) is 0 Å². The minimum atomic E-state index is 0.439. The number of nitrogens with one attached hydrogen (secondary N) is 2. The Labute approximate surface area is 167 Å². The van der Waals surface area contributed by atoms with Gasteiger partial charge in [-0.3, -0.25) is 0 Å². The molecule has 0 saturated heterocycles. The van der Waals surface area contributed by atoms with Gasteiger partial charge in [0.1, 0.15) is 16.9 Å². The Morgan fingerprint density at radius 3 is 2.56 bits per heavy atom. The average Bonchev–Trinajstić information content (AvgIpc) is 3.02. The lowest BCUT2D eigenvalue weighted by molar-refractivity contribution is 0.417. The number of para-hydroxylation sites is 1. The molecule has 0 aliphatic heterocycles. The molecule has 1 heterocycles. The lowest BCUT2D eigenvalue weighted by atomic mass is 10.1. The van der Waals surface area contributed by atoms with Crippen molar-refractivity contribution >= 4 is 62.2 Å². The molecule has 4 rings (SSSR count). The summed E-state index contributed by atoms with van der Waals surface area (Å²) >= 11 is 11.6. The van der Waals surface area contributed by atoms with E-state index in [-0.39, 0.29) is 0 Å². The zero-order chi connectivity index (χ0) is 19.0. The monoisotopic (exact) mass is 396 g/mol. The second-order valence-corrected chi connectivity index (χ2v) is 6.95. The molecule has 4 aromatic rings. The zero-order valence-electron chi connectivity index (χ0n) is 14.8. The van der Waals surface area contributed by atoms with Gasteiger partial charge in [-0.1, -0.05) is 35.9 Å². The fourth-order valence-electron chi connectivity index (χ4n) is 3.04. The maximum absolute atomic E-state index is 6.17. The van der Waals surface area contributed by atoms with Gasteiger partial charge in [-0.05, 0) is 49.0 Å².